The van der Waals surface area contributed by atoms with E-state index in [2.05, 4.69) is 10.1 Å². The molecule has 136 valence electrons. The molecule has 1 atom stereocenters. The van der Waals surface area contributed by atoms with E-state index in [1.54, 1.807) is 19.1 Å². The number of esters is 1. The van der Waals surface area contributed by atoms with Crippen molar-refractivity contribution in [1.29, 1.82) is 0 Å². The molecule has 0 aromatic heterocycles. The lowest BCUT2D eigenvalue weighted by molar-refractivity contribution is -0.131. The van der Waals surface area contributed by atoms with Gasteiger partial charge in [-0.1, -0.05) is 6.92 Å². The van der Waals surface area contributed by atoms with Crippen LogP contribution >= 0.6 is 0 Å². The van der Waals surface area contributed by atoms with Crippen LogP contribution in [0.5, 0.6) is 11.5 Å². The molecule has 8 nitrogen and oxygen atoms in total. The number of alkyl carbamates (subject to hydrolysis) is 1. The van der Waals surface area contributed by atoms with Gasteiger partial charge in [-0.05, 0) is 25.0 Å². The van der Waals surface area contributed by atoms with Gasteiger partial charge in [-0.25, -0.2) is 4.79 Å². The Labute approximate surface area is 146 Å². The summed E-state index contributed by atoms with van der Waals surface area (Å²) in [6, 6.07) is 3.40. The normalized spacial score (nSPS) is 15.9. The molecule has 25 heavy (non-hydrogen) atoms. The van der Waals surface area contributed by atoms with Gasteiger partial charge in [0.25, 0.3) is 5.91 Å². The van der Waals surface area contributed by atoms with E-state index in [9.17, 15) is 14.4 Å². The molecule has 2 rings (SSSR count). The third-order valence-electron chi connectivity index (χ3n) is 3.78. The van der Waals surface area contributed by atoms with Gasteiger partial charge < -0.3 is 24.4 Å². The number of rotatable bonds is 5. The number of amides is 2. The van der Waals surface area contributed by atoms with Crippen molar-refractivity contribution in [1.82, 2.24) is 5.32 Å². The predicted octanol–water partition coefficient (Wildman–Crippen LogP) is 1.64. The summed E-state index contributed by atoms with van der Waals surface area (Å²) in [7, 11) is 1.27. The van der Waals surface area contributed by atoms with Crippen LogP contribution in [0.2, 0.25) is 0 Å². The standard InChI is InChI=1S/C17H22N2O6/c1-5-12-8-15-13(9-14(12)25-11(3)20)19(16(21)10(2)24-15)7-6-18-17(22)23-4/h8-10H,5-7H2,1-4H3,(H,18,22)/t10-/m1/s1. The second-order valence-electron chi connectivity index (χ2n) is 5.54. The van der Waals surface area contributed by atoms with Crippen LogP contribution in [0.25, 0.3) is 0 Å². The zero-order valence-corrected chi connectivity index (χ0v) is 14.8. The van der Waals surface area contributed by atoms with Crippen molar-refractivity contribution < 1.29 is 28.6 Å². The number of anilines is 1. The molecule has 1 aliphatic rings. The van der Waals surface area contributed by atoms with E-state index >= 15 is 0 Å². The summed E-state index contributed by atoms with van der Waals surface area (Å²) in [4.78, 5) is 36.5. The van der Waals surface area contributed by atoms with Gasteiger partial charge in [0.15, 0.2) is 6.10 Å². The van der Waals surface area contributed by atoms with Gasteiger partial charge in [0, 0.05) is 26.1 Å². The highest BCUT2D eigenvalue weighted by atomic mass is 16.5. The highest BCUT2D eigenvalue weighted by molar-refractivity contribution is 6.00. The maximum absolute atomic E-state index is 12.5. The summed E-state index contributed by atoms with van der Waals surface area (Å²) >= 11 is 0. The Hall–Kier alpha value is -2.77. The monoisotopic (exact) mass is 350 g/mol. The van der Waals surface area contributed by atoms with Crippen LogP contribution in [-0.4, -0.2) is 44.3 Å². The van der Waals surface area contributed by atoms with Crippen LogP contribution in [0.1, 0.15) is 26.3 Å². The maximum atomic E-state index is 12.5. The van der Waals surface area contributed by atoms with Crippen LogP contribution in [0.15, 0.2) is 12.1 Å². The van der Waals surface area contributed by atoms with Crippen LogP contribution in [0.3, 0.4) is 0 Å². The van der Waals surface area contributed by atoms with E-state index in [-0.39, 0.29) is 19.0 Å². The first-order valence-electron chi connectivity index (χ1n) is 8.02. The zero-order chi connectivity index (χ0) is 18.6. The van der Waals surface area contributed by atoms with Crippen LogP contribution in [0.4, 0.5) is 10.5 Å². The molecule has 0 saturated carbocycles. The van der Waals surface area contributed by atoms with Crippen molar-refractivity contribution >= 4 is 23.7 Å². The maximum Gasteiger partial charge on any atom is 0.406 e. The second-order valence-corrected chi connectivity index (χ2v) is 5.54. The predicted molar refractivity (Wildman–Crippen MR) is 90.0 cm³/mol. The van der Waals surface area contributed by atoms with Gasteiger partial charge in [0.2, 0.25) is 0 Å². The third kappa shape index (κ3) is 4.20. The van der Waals surface area contributed by atoms with Crippen LogP contribution < -0.4 is 19.7 Å². The molecule has 2 amide bonds. The molecule has 1 heterocycles. The Bertz CT molecular complexity index is 688. The Balaban J connectivity index is 2.33. The topological polar surface area (TPSA) is 94.2 Å². The van der Waals surface area contributed by atoms with Crippen molar-refractivity contribution in [2.24, 2.45) is 0 Å². The smallest absolute Gasteiger partial charge is 0.406 e. The molecular formula is C17H22N2O6. The fourth-order valence-electron chi connectivity index (χ4n) is 2.57. The van der Waals surface area contributed by atoms with Gasteiger partial charge in [0.05, 0.1) is 12.8 Å². The molecule has 1 aliphatic heterocycles. The minimum atomic E-state index is -0.644. The number of aryl methyl sites for hydroxylation is 1. The molecule has 1 aromatic carbocycles. The van der Waals surface area contributed by atoms with Gasteiger partial charge in [0.1, 0.15) is 11.5 Å². The van der Waals surface area contributed by atoms with E-state index < -0.39 is 18.2 Å². The largest absolute Gasteiger partial charge is 0.479 e. The molecule has 0 radical (unpaired) electrons. The lowest BCUT2D eigenvalue weighted by Crippen LogP contribution is -2.47. The number of fused-ring (bicyclic) bond motifs is 1. The quantitative estimate of drug-likeness (QED) is 0.641. The second kappa shape index (κ2) is 7.87. The van der Waals surface area contributed by atoms with Crippen molar-refractivity contribution in [3.63, 3.8) is 0 Å². The van der Waals surface area contributed by atoms with Crippen LogP contribution in [-0.2, 0) is 20.7 Å². The molecule has 0 unspecified atom stereocenters. The Morgan fingerprint density at radius 1 is 1.36 bits per heavy atom. The van der Waals surface area contributed by atoms with Crippen molar-refractivity contribution in [3.05, 3.63) is 17.7 Å². The minimum Gasteiger partial charge on any atom is -0.479 e. The molecule has 0 bridgehead atoms. The average molecular weight is 350 g/mol. The minimum absolute atomic E-state index is 0.211. The average Bonchev–Trinajstić information content (AvgIpc) is 2.57. The molecule has 0 fully saturated rings. The first kappa shape index (κ1) is 18.6. The number of ether oxygens (including phenoxy) is 3. The van der Waals surface area contributed by atoms with Crippen molar-refractivity contribution in [3.8, 4) is 11.5 Å². The number of nitrogens with one attached hydrogen (secondary N) is 1. The first-order valence-corrected chi connectivity index (χ1v) is 8.02. The summed E-state index contributed by atoms with van der Waals surface area (Å²) in [6.07, 6.45) is -0.573. The van der Waals surface area contributed by atoms with E-state index in [0.29, 0.717) is 23.6 Å². The molecular weight excluding hydrogens is 328 g/mol. The lowest BCUT2D eigenvalue weighted by Gasteiger charge is -2.33. The third-order valence-corrected chi connectivity index (χ3v) is 3.78. The number of benzene rings is 1. The highest BCUT2D eigenvalue weighted by Gasteiger charge is 2.32. The summed E-state index contributed by atoms with van der Waals surface area (Å²) in [5, 5.41) is 2.53. The van der Waals surface area contributed by atoms with E-state index in [4.69, 9.17) is 9.47 Å². The molecule has 1 N–H and O–H groups in total. The number of methoxy groups -OCH3 is 1. The number of hydrogen-bond donors (Lipinski definition) is 1. The van der Waals surface area contributed by atoms with Gasteiger partial charge in [-0.3, -0.25) is 9.59 Å². The number of carbonyl (C=O) groups is 3. The number of nitrogens with zero attached hydrogens (tertiary/aromatic N) is 1. The van der Waals surface area contributed by atoms with Crippen LogP contribution in [0, 0.1) is 0 Å². The zero-order valence-electron chi connectivity index (χ0n) is 14.8. The van der Waals surface area contributed by atoms with Gasteiger partial charge in [-0.2, -0.15) is 0 Å². The fourth-order valence-corrected chi connectivity index (χ4v) is 2.57. The summed E-state index contributed by atoms with van der Waals surface area (Å²) in [5.74, 6) is 0.255. The van der Waals surface area contributed by atoms with E-state index in [1.807, 2.05) is 6.92 Å². The molecule has 0 spiro atoms. The fraction of sp³-hybridized carbons (Fsp3) is 0.471. The van der Waals surface area contributed by atoms with Gasteiger partial charge in [-0.15, -0.1) is 0 Å². The SMILES string of the molecule is CCc1cc2c(cc1OC(C)=O)N(CCNC(=O)OC)C(=O)[C@@H](C)O2. The Morgan fingerprint density at radius 2 is 2.08 bits per heavy atom. The molecule has 0 saturated heterocycles. The molecule has 8 heteroatoms. The number of hydrogen-bond acceptors (Lipinski definition) is 6. The molecule has 0 aliphatic carbocycles. The lowest BCUT2D eigenvalue weighted by atomic mass is 10.1. The summed E-state index contributed by atoms with van der Waals surface area (Å²) < 4.78 is 15.4. The van der Waals surface area contributed by atoms with Crippen molar-refractivity contribution in [2.75, 3.05) is 25.1 Å². The van der Waals surface area contributed by atoms with E-state index in [0.717, 1.165) is 5.56 Å². The van der Waals surface area contributed by atoms with E-state index in [1.165, 1.54) is 18.9 Å². The Morgan fingerprint density at radius 3 is 2.68 bits per heavy atom. The highest BCUT2D eigenvalue weighted by Crippen LogP contribution is 2.39. The number of carbonyl (C=O) groups excluding carboxylic acids is 3. The first-order chi connectivity index (χ1) is 11.9. The molecule has 1 aromatic rings. The summed E-state index contributed by atoms with van der Waals surface area (Å²) in [5.41, 5.74) is 1.31. The van der Waals surface area contributed by atoms with Gasteiger partial charge >= 0.3 is 12.1 Å². The van der Waals surface area contributed by atoms with Crippen molar-refractivity contribution in [2.45, 2.75) is 33.3 Å². The Kier molecular flexibility index (Phi) is 5.84. The summed E-state index contributed by atoms with van der Waals surface area (Å²) in [6.45, 7) is 5.37.